The molecular weight excluding hydrogens is 390 g/mol. The summed E-state index contributed by atoms with van der Waals surface area (Å²) in [6, 6.07) is 19.8. The Morgan fingerprint density at radius 1 is 0.968 bits per heavy atom. The number of hydrogen-bond donors (Lipinski definition) is 2. The number of pyridine rings is 1. The van der Waals surface area contributed by atoms with Gasteiger partial charge in [0.1, 0.15) is 11.4 Å². The summed E-state index contributed by atoms with van der Waals surface area (Å²) in [5.74, 6) is 0.0396. The van der Waals surface area contributed by atoms with Gasteiger partial charge in [-0.15, -0.1) is 0 Å². The number of primary amides is 1. The molecule has 6 nitrogen and oxygen atoms in total. The van der Waals surface area contributed by atoms with Gasteiger partial charge in [-0.2, -0.15) is 0 Å². The van der Waals surface area contributed by atoms with E-state index in [0.29, 0.717) is 12.2 Å². The molecule has 3 rings (SSSR count). The van der Waals surface area contributed by atoms with Gasteiger partial charge in [-0.3, -0.25) is 10.1 Å². The molecule has 2 aromatic carbocycles. The number of nitrogens with two attached hydrogens (primary N) is 1. The maximum atomic E-state index is 12.1. The highest BCUT2D eigenvalue weighted by atomic mass is 16.6. The maximum Gasteiger partial charge on any atom is 0.413 e. The van der Waals surface area contributed by atoms with E-state index < -0.39 is 11.7 Å². The molecule has 0 aliphatic carbocycles. The van der Waals surface area contributed by atoms with Gasteiger partial charge in [0.2, 0.25) is 5.91 Å². The van der Waals surface area contributed by atoms with Crippen LogP contribution in [-0.4, -0.2) is 22.6 Å². The number of aromatic nitrogens is 1. The Morgan fingerprint density at radius 2 is 1.71 bits per heavy atom. The van der Waals surface area contributed by atoms with Crippen molar-refractivity contribution in [2.24, 2.45) is 5.73 Å². The first-order chi connectivity index (χ1) is 14.7. The summed E-state index contributed by atoms with van der Waals surface area (Å²) >= 11 is 0. The summed E-state index contributed by atoms with van der Waals surface area (Å²) in [7, 11) is 0. The number of aryl methyl sites for hydroxylation is 1. The van der Waals surface area contributed by atoms with Gasteiger partial charge in [-0.25, -0.2) is 9.78 Å². The monoisotopic (exact) mass is 417 g/mol. The van der Waals surface area contributed by atoms with Crippen LogP contribution in [0.5, 0.6) is 0 Å². The van der Waals surface area contributed by atoms with E-state index in [2.05, 4.69) is 16.4 Å². The van der Waals surface area contributed by atoms with Gasteiger partial charge >= 0.3 is 6.09 Å². The smallest absolute Gasteiger partial charge is 0.413 e. The van der Waals surface area contributed by atoms with Crippen LogP contribution in [0.15, 0.2) is 66.9 Å². The van der Waals surface area contributed by atoms with Crippen LogP contribution in [0.25, 0.3) is 22.3 Å². The Bertz CT molecular complexity index is 1070. The summed E-state index contributed by atoms with van der Waals surface area (Å²) < 4.78 is 5.30. The summed E-state index contributed by atoms with van der Waals surface area (Å²) in [6.45, 7) is 5.40. The number of carbonyl (C=O) groups is 2. The molecule has 0 atom stereocenters. The fourth-order valence-electron chi connectivity index (χ4n) is 3.22. The van der Waals surface area contributed by atoms with Gasteiger partial charge < -0.3 is 10.5 Å². The second-order valence-electron chi connectivity index (χ2n) is 8.26. The van der Waals surface area contributed by atoms with Crippen LogP contribution in [0.1, 0.15) is 32.8 Å². The molecule has 0 saturated heterocycles. The normalized spacial score (nSPS) is 11.1. The zero-order valence-corrected chi connectivity index (χ0v) is 18.0. The largest absolute Gasteiger partial charge is 0.444 e. The summed E-state index contributed by atoms with van der Waals surface area (Å²) in [5, 5.41) is 2.67. The minimum Gasteiger partial charge on any atom is -0.444 e. The fraction of sp³-hybridized carbons (Fsp3) is 0.240. The Kier molecular flexibility index (Phi) is 6.70. The third kappa shape index (κ3) is 6.40. The SMILES string of the molecule is CC(C)(C)OC(=O)Nc1cc(-c2ccc(-c3ccccc3)cc2CCC(N)=O)ccn1. The highest BCUT2D eigenvalue weighted by Crippen LogP contribution is 2.31. The first-order valence-electron chi connectivity index (χ1n) is 10.1. The molecule has 2 amide bonds. The number of benzene rings is 2. The highest BCUT2D eigenvalue weighted by Gasteiger charge is 2.17. The molecule has 0 aliphatic heterocycles. The number of amides is 2. The molecule has 6 heteroatoms. The van der Waals surface area contributed by atoms with Crippen molar-refractivity contribution in [3.8, 4) is 22.3 Å². The van der Waals surface area contributed by atoms with E-state index in [4.69, 9.17) is 10.5 Å². The van der Waals surface area contributed by atoms with Crippen molar-refractivity contribution in [2.45, 2.75) is 39.2 Å². The van der Waals surface area contributed by atoms with Crippen molar-refractivity contribution >= 4 is 17.8 Å². The zero-order chi connectivity index (χ0) is 22.4. The zero-order valence-electron chi connectivity index (χ0n) is 18.0. The molecule has 0 unspecified atom stereocenters. The molecule has 0 saturated carbocycles. The third-order valence-corrected chi connectivity index (χ3v) is 4.55. The molecule has 1 heterocycles. The minimum absolute atomic E-state index is 0.249. The predicted octanol–water partition coefficient (Wildman–Crippen LogP) is 5.18. The Hall–Kier alpha value is -3.67. The maximum absolute atomic E-state index is 12.1. The molecule has 0 bridgehead atoms. The summed E-state index contributed by atoms with van der Waals surface area (Å²) in [6.07, 6.45) is 1.83. The van der Waals surface area contributed by atoms with Crippen molar-refractivity contribution in [1.82, 2.24) is 4.98 Å². The van der Waals surface area contributed by atoms with Gasteiger partial charge in [0, 0.05) is 12.6 Å². The second-order valence-corrected chi connectivity index (χ2v) is 8.26. The molecule has 31 heavy (non-hydrogen) atoms. The van der Waals surface area contributed by atoms with Gasteiger partial charge in [-0.05, 0) is 67.1 Å². The van der Waals surface area contributed by atoms with Gasteiger partial charge in [-0.1, -0.05) is 48.5 Å². The van der Waals surface area contributed by atoms with Crippen LogP contribution < -0.4 is 11.1 Å². The molecule has 3 aromatic rings. The average molecular weight is 418 g/mol. The van der Waals surface area contributed by atoms with E-state index in [9.17, 15) is 9.59 Å². The number of carbonyl (C=O) groups excluding carboxylic acids is 2. The quantitative estimate of drug-likeness (QED) is 0.578. The predicted molar refractivity (Wildman–Crippen MR) is 122 cm³/mol. The van der Waals surface area contributed by atoms with Crippen LogP contribution in [0.4, 0.5) is 10.6 Å². The van der Waals surface area contributed by atoms with Crippen LogP contribution >= 0.6 is 0 Å². The summed E-state index contributed by atoms with van der Waals surface area (Å²) in [4.78, 5) is 27.7. The standard InChI is InChI=1S/C25H27N3O3/c1-25(2,3)31-24(30)28-23-16-20(13-14-27-23)21-11-9-18(17-7-5-4-6-8-17)15-19(21)10-12-22(26)29/h4-9,11,13-16H,10,12H2,1-3H3,(H2,26,29)(H,27,28,30). The van der Waals surface area contributed by atoms with Crippen molar-refractivity contribution in [3.05, 3.63) is 72.4 Å². The van der Waals surface area contributed by atoms with E-state index in [-0.39, 0.29) is 12.3 Å². The Labute approximate surface area is 182 Å². The molecule has 160 valence electrons. The number of rotatable bonds is 6. The lowest BCUT2D eigenvalue weighted by molar-refractivity contribution is -0.117. The molecule has 0 fully saturated rings. The summed E-state index contributed by atoms with van der Waals surface area (Å²) in [5.41, 5.74) is 9.78. The third-order valence-electron chi connectivity index (χ3n) is 4.55. The van der Waals surface area contributed by atoms with Crippen LogP contribution in [-0.2, 0) is 16.0 Å². The first kappa shape index (κ1) is 22.0. The molecule has 0 aliphatic rings. The average Bonchev–Trinajstić information content (AvgIpc) is 2.71. The van der Waals surface area contributed by atoms with E-state index in [1.807, 2.05) is 48.5 Å². The molecule has 0 radical (unpaired) electrons. The molecule has 0 spiro atoms. The molecule has 1 aromatic heterocycles. The molecular formula is C25H27N3O3. The lowest BCUT2D eigenvalue weighted by Gasteiger charge is -2.19. The van der Waals surface area contributed by atoms with Gasteiger partial charge in [0.25, 0.3) is 0 Å². The van der Waals surface area contributed by atoms with E-state index in [1.54, 1.807) is 33.0 Å². The number of ether oxygens (including phenoxy) is 1. The second kappa shape index (κ2) is 9.43. The van der Waals surface area contributed by atoms with E-state index in [1.165, 1.54) is 0 Å². The Balaban J connectivity index is 1.93. The number of nitrogens with zero attached hydrogens (tertiary/aromatic N) is 1. The topological polar surface area (TPSA) is 94.3 Å². The van der Waals surface area contributed by atoms with Gasteiger partial charge in [0.15, 0.2) is 0 Å². The number of nitrogens with one attached hydrogen (secondary N) is 1. The van der Waals surface area contributed by atoms with Crippen LogP contribution in [0.2, 0.25) is 0 Å². The Morgan fingerprint density at radius 3 is 2.39 bits per heavy atom. The fourth-order valence-corrected chi connectivity index (χ4v) is 3.22. The van der Waals surface area contributed by atoms with E-state index in [0.717, 1.165) is 27.8 Å². The highest BCUT2D eigenvalue weighted by molar-refractivity contribution is 5.85. The van der Waals surface area contributed by atoms with Crippen LogP contribution in [0, 0.1) is 0 Å². The number of anilines is 1. The first-order valence-corrected chi connectivity index (χ1v) is 10.1. The molecule has 3 N–H and O–H groups in total. The van der Waals surface area contributed by atoms with Crippen molar-refractivity contribution < 1.29 is 14.3 Å². The number of hydrogen-bond acceptors (Lipinski definition) is 4. The van der Waals surface area contributed by atoms with Crippen molar-refractivity contribution in [2.75, 3.05) is 5.32 Å². The van der Waals surface area contributed by atoms with Gasteiger partial charge in [0.05, 0.1) is 0 Å². The lowest BCUT2D eigenvalue weighted by Crippen LogP contribution is -2.27. The minimum atomic E-state index is -0.600. The van der Waals surface area contributed by atoms with Crippen molar-refractivity contribution in [1.29, 1.82) is 0 Å². The van der Waals surface area contributed by atoms with Crippen LogP contribution in [0.3, 0.4) is 0 Å². The lowest BCUT2D eigenvalue weighted by atomic mass is 9.93. The van der Waals surface area contributed by atoms with Crippen molar-refractivity contribution in [3.63, 3.8) is 0 Å². The van der Waals surface area contributed by atoms with E-state index >= 15 is 0 Å².